The van der Waals surface area contributed by atoms with Crippen molar-refractivity contribution < 1.29 is 19.1 Å². The number of carbonyl (C=O) groups is 2. The van der Waals surface area contributed by atoms with Gasteiger partial charge in [-0.3, -0.25) is 9.59 Å². The highest BCUT2D eigenvalue weighted by atomic mass is 16.5. The zero-order valence-corrected chi connectivity index (χ0v) is 16.4. The molecule has 0 aliphatic rings. The highest BCUT2D eigenvalue weighted by Gasteiger charge is 2.10. The van der Waals surface area contributed by atoms with Gasteiger partial charge in [0.1, 0.15) is 5.75 Å². The highest BCUT2D eigenvalue weighted by molar-refractivity contribution is 5.96. The van der Waals surface area contributed by atoms with Gasteiger partial charge >= 0.3 is 0 Å². The van der Waals surface area contributed by atoms with Crippen LogP contribution in [0.15, 0.2) is 42.6 Å². The van der Waals surface area contributed by atoms with Crippen LogP contribution in [0.4, 0.5) is 0 Å². The predicted molar refractivity (Wildman–Crippen MR) is 106 cm³/mol. The summed E-state index contributed by atoms with van der Waals surface area (Å²) in [5.41, 5.74) is 1.26. The SMILES string of the molecule is CCCCOc1ncccc1CNC(=O)CNC(=O)c1ccc(OCC)cc1. The van der Waals surface area contributed by atoms with Crippen LogP contribution in [0.25, 0.3) is 0 Å². The van der Waals surface area contributed by atoms with Crippen molar-refractivity contribution in [2.24, 2.45) is 0 Å². The van der Waals surface area contributed by atoms with Crippen LogP contribution in [0.1, 0.15) is 42.6 Å². The van der Waals surface area contributed by atoms with Crippen molar-refractivity contribution in [1.82, 2.24) is 15.6 Å². The van der Waals surface area contributed by atoms with E-state index >= 15 is 0 Å². The number of hydrogen-bond donors (Lipinski definition) is 2. The quantitative estimate of drug-likeness (QED) is 0.581. The molecule has 1 heterocycles. The van der Waals surface area contributed by atoms with Crippen LogP contribution >= 0.6 is 0 Å². The molecule has 0 radical (unpaired) electrons. The molecule has 1 aromatic heterocycles. The third kappa shape index (κ3) is 6.90. The third-order valence-electron chi connectivity index (χ3n) is 3.90. The average Bonchev–Trinajstić information content (AvgIpc) is 2.72. The van der Waals surface area contributed by atoms with E-state index in [1.54, 1.807) is 36.5 Å². The Kier molecular flexibility index (Phi) is 8.78. The monoisotopic (exact) mass is 385 g/mol. The molecule has 0 aliphatic heterocycles. The van der Waals surface area contributed by atoms with Crippen LogP contribution < -0.4 is 20.1 Å². The summed E-state index contributed by atoms with van der Waals surface area (Å²) in [5.74, 6) is 0.616. The number of aromatic nitrogens is 1. The number of nitrogens with one attached hydrogen (secondary N) is 2. The number of ether oxygens (including phenoxy) is 2. The van der Waals surface area contributed by atoms with E-state index < -0.39 is 0 Å². The van der Waals surface area contributed by atoms with Gasteiger partial charge in [0.25, 0.3) is 5.91 Å². The summed E-state index contributed by atoms with van der Waals surface area (Å²) in [6.07, 6.45) is 3.64. The van der Waals surface area contributed by atoms with Gasteiger partial charge in [0.05, 0.1) is 19.8 Å². The zero-order chi connectivity index (χ0) is 20.2. The molecule has 7 heteroatoms. The number of pyridine rings is 1. The first-order chi connectivity index (χ1) is 13.6. The summed E-state index contributed by atoms with van der Waals surface area (Å²) in [5, 5.41) is 5.37. The first-order valence-corrected chi connectivity index (χ1v) is 9.48. The van der Waals surface area contributed by atoms with Crippen molar-refractivity contribution in [3.8, 4) is 11.6 Å². The lowest BCUT2D eigenvalue weighted by molar-refractivity contribution is -0.120. The second-order valence-electron chi connectivity index (χ2n) is 6.09. The smallest absolute Gasteiger partial charge is 0.251 e. The topological polar surface area (TPSA) is 89.5 Å². The van der Waals surface area contributed by atoms with Gasteiger partial charge in [-0.05, 0) is 43.7 Å². The lowest BCUT2D eigenvalue weighted by Crippen LogP contribution is -2.36. The molecule has 0 bridgehead atoms. The van der Waals surface area contributed by atoms with Gasteiger partial charge in [0, 0.05) is 23.9 Å². The number of nitrogens with zero attached hydrogens (tertiary/aromatic N) is 1. The molecule has 0 spiro atoms. The molecule has 0 aliphatic carbocycles. The van der Waals surface area contributed by atoms with Crippen molar-refractivity contribution in [3.05, 3.63) is 53.7 Å². The van der Waals surface area contributed by atoms with Gasteiger partial charge in [-0.25, -0.2) is 4.98 Å². The van der Waals surface area contributed by atoms with E-state index in [1.807, 2.05) is 13.0 Å². The minimum absolute atomic E-state index is 0.113. The maximum atomic E-state index is 12.1. The van der Waals surface area contributed by atoms with E-state index in [4.69, 9.17) is 9.47 Å². The standard InChI is InChI=1S/C21H27N3O4/c1-3-5-13-28-21-17(7-6-12-22-21)14-23-19(25)15-24-20(26)16-8-10-18(11-9-16)27-4-2/h6-12H,3-5,13-15H2,1-2H3,(H,23,25)(H,24,26). The first kappa shape index (κ1) is 21.2. The normalized spacial score (nSPS) is 10.2. The van der Waals surface area contributed by atoms with Crippen molar-refractivity contribution in [2.75, 3.05) is 19.8 Å². The van der Waals surface area contributed by atoms with E-state index in [-0.39, 0.29) is 24.9 Å². The van der Waals surface area contributed by atoms with Crippen molar-refractivity contribution in [2.45, 2.75) is 33.2 Å². The molecule has 2 aromatic rings. The summed E-state index contributed by atoms with van der Waals surface area (Å²) < 4.78 is 11.0. The van der Waals surface area contributed by atoms with Gasteiger partial charge in [0.15, 0.2) is 0 Å². The highest BCUT2D eigenvalue weighted by Crippen LogP contribution is 2.14. The Labute approximate surface area is 165 Å². The molecule has 0 atom stereocenters. The second kappa shape index (κ2) is 11.6. The molecular formula is C21H27N3O4. The van der Waals surface area contributed by atoms with E-state index in [1.165, 1.54) is 0 Å². The Morgan fingerprint density at radius 1 is 1.04 bits per heavy atom. The summed E-state index contributed by atoms with van der Waals surface area (Å²) >= 11 is 0. The maximum Gasteiger partial charge on any atom is 0.251 e. The minimum atomic E-state index is -0.317. The molecule has 0 saturated carbocycles. The Morgan fingerprint density at radius 2 is 1.82 bits per heavy atom. The second-order valence-corrected chi connectivity index (χ2v) is 6.09. The van der Waals surface area contributed by atoms with Gasteiger partial charge in [-0.15, -0.1) is 0 Å². The van der Waals surface area contributed by atoms with Crippen LogP contribution in [-0.2, 0) is 11.3 Å². The minimum Gasteiger partial charge on any atom is -0.494 e. The van der Waals surface area contributed by atoms with E-state index in [0.717, 1.165) is 18.4 Å². The molecular weight excluding hydrogens is 358 g/mol. The van der Waals surface area contributed by atoms with Gasteiger partial charge in [0.2, 0.25) is 11.8 Å². The Bertz CT molecular complexity index is 763. The van der Waals surface area contributed by atoms with Crippen LogP contribution in [0.2, 0.25) is 0 Å². The number of carbonyl (C=O) groups excluding carboxylic acids is 2. The first-order valence-electron chi connectivity index (χ1n) is 9.48. The number of amides is 2. The van der Waals surface area contributed by atoms with E-state index in [9.17, 15) is 9.59 Å². The number of benzene rings is 1. The van der Waals surface area contributed by atoms with Crippen molar-refractivity contribution in [1.29, 1.82) is 0 Å². The van der Waals surface area contributed by atoms with Crippen molar-refractivity contribution >= 4 is 11.8 Å². The number of unbranched alkanes of at least 4 members (excludes halogenated alkanes) is 1. The van der Waals surface area contributed by atoms with Crippen LogP contribution in [-0.4, -0.2) is 36.6 Å². The molecule has 1 aromatic carbocycles. The van der Waals surface area contributed by atoms with Gasteiger partial charge in [-0.2, -0.15) is 0 Å². The van der Waals surface area contributed by atoms with E-state index in [0.29, 0.717) is 30.4 Å². The number of rotatable bonds is 11. The summed E-state index contributed by atoms with van der Waals surface area (Å²) in [4.78, 5) is 28.4. The van der Waals surface area contributed by atoms with Crippen LogP contribution in [0, 0.1) is 0 Å². The number of hydrogen-bond acceptors (Lipinski definition) is 5. The Hall–Kier alpha value is -3.09. The molecule has 0 saturated heterocycles. The molecule has 2 amide bonds. The largest absolute Gasteiger partial charge is 0.494 e. The Balaban J connectivity index is 1.79. The summed E-state index contributed by atoms with van der Waals surface area (Å²) in [6, 6.07) is 10.4. The van der Waals surface area contributed by atoms with Gasteiger partial charge < -0.3 is 20.1 Å². The predicted octanol–water partition coefficient (Wildman–Crippen LogP) is 2.71. The van der Waals surface area contributed by atoms with Gasteiger partial charge in [-0.1, -0.05) is 19.4 Å². The van der Waals surface area contributed by atoms with E-state index in [2.05, 4.69) is 22.5 Å². The van der Waals surface area contributed by atoms with Crippen molar-refractivity contribution in [3.63, 3.8) is 0 Å². The fraction of sp³-hybridized carbons (Fsp3) is 0.381. The molecule has 150 valence electrons. The zero-order valence-electron chi connectivity index (χ0n) is 16.4. The summed E-state index contributed by atoms with van der Waals surface area (Å²) in [7, 11) is 0. The maximum absolute atomic E-state index is 12.1. The fourth-order valence-electron chi connectivity index (χ4n) is 2.39. The third-order valence-corrected chi connectivity index (χ3v) is 3.90. The molecule has 0 fully saturated rings. The molecule has 2 N–H and O–H groups in total. The molecule has 7 nitrogen and oxygen atoms in total. The lowest BCUT2D eigenvalue weighted by Gasteiger charge is -2.11. The Morgan fingerprint density at radius 3 is 2.54 bits per heavy atom. The molecule has 28 heavy (non-hydrogen) atoms. The molecule has 2 rings (SSSR count). The average molecular weight is 385 g/mol. The van der Waals surface area contributed by atoms with Crippen LogP contribution in [0.5, 0.6) is 11.6 Å². The van der Waals surface area contributed by atoms with Crippen LogP contribution in [0.3, 0.4) is 0 Å². The lowest BCUT2D eigenvalue weighted by atomic mass is 10.2. The molecule has 0 unspecified atom stereocenters. The summed E-state index contributed by atoms with van der Waals surface area (Å²) in [6.45, 7) is 5.31. The fourth-order valence-corrected chi connectivity index (χ4v) is 2.39.